The highest BCUT2D eigenvalue weighted by Gasteiger charge is 2.31. The van der Waals surface area contributed by atoms with Crippen LogP contribution >= 0.6 is 0 Å². The molecule has 0 saturated carbocycles. The molecule has 1 heterocycles. The molecule has 0 aromatic rings. The smallest absolute Gasteiger partial charge is 0.151 e. The maximum absolute atomic E-state index is 11.4. The molecule has 5 heteroatoms. The number of hydrogen-bond donors (Lipinski definition) is 1. The molecule has 1 saturated heterocycles. The van der Waals surface area contributed by atoms with E-state index in [1.807, 2.05) is 7.05 Å². The molecule has 0 spiro atoms. The second-order valence-electron chi connectivity index (χ2n) is 5.66. The van der Waals surface area contributed by atoms with Crippen molar-refractivity contribution in [3.8, 4) is 0 Å². The highest BCUT2D eigenvalue weighted by atomic mass is 32.2. The molecule has 1 aliphatic heterocycles. The van der Waals surface area contributed by atoms with Gasteiger partial charge in [-0.05, 0) is 38.4 Å². The summed E-state index contributed by atoms with van der Waals surface area (Å²) in [5.41, 5.74) is 5.82. The van der Waals surface area contributed by atoms with Gasteiger partial charge >= 0.3 is 0 Å². The molecule has 1 unspecified atom stereocenters. The second-order valence-corrected chi connectivity index (χ2v) is 7.88. The molecule has 0 bridgehead atoms. The van der Waals surface area contributed by atoms with E-state index < -0.39 is 9.84 Å². The first-order valence-corrected chi connectivity index (χ1v) is 7.69. The van der Waals surface area contributed by atoms with Gasteiger partial charge in [0.15, 0.2) is 9.84 Å². The van der Waals surface area contributed by atoms with Crippen LogP contribution in [0.4, 0.5) is 0 Å². The third kappa shape index (κ3) is 4.03. The van der Waals surface area contributed by atoms with Crippen LogP contribution in [0.5, 0.6) is 0 Å². The predicted molar refractivity (Wildman–Crippen MR) is 67.1 cm³/mol. The molecular weight excluding hydrogens is 224 g/mol. The molecule has 0 aromatic heterocycles. The standard InChI is InChI=1S/C11H24N2O2S/c1-11(2,9-12)5-6-13(3)10-4-7-16(14,15)8-10/h10H,4-9,12H2,1-3H3. The quantitative estimate of drug-likeness (QED) is 0.768. The topological polar surface area (TPSA) is 63.4 Å². The Morgan fingerprint density at radius 3 is 2.50 bits per heavy atom. The lowest BCUT2D eigenvalue weighted by molar-refractivity contribution is 0.214. The van der Waals surface area contributed by atoms with Crippen molar-refractivity contribution in [2.45, 2.75) is 32.7 Å². The monoisotopic (exact) mass is 248 g/mol. The van der Waals surface area contributed by atoms with Crippen LogP contribution in [0.15, 0.2) is 0 Å². The molecule has 96 valence electrons. The number of hydrogen-bond acceptors (Lipinski definition) is 4. The van der Waals surface area contributed by atoms with Crippen molar-refractivity contribution in [1.29, 1.82) is 0 Å². The normalized spacial score (nSPS) is 25.2. The molecule has 4 nitrogen and oxygen atoms in total. The molecule has 16 heavy (non-hydrogen) atoms. The van der Waals surface area contributed by atoms with E-state index >= 15 is 0 Å². The first-order chi connectivity index (χ1) is 7.26. The Hall–Kier alpha value is -0.130. The molecule has 0 amide bonds. The molecule has 0 aliphatic carbocycles. The van der Waals surface area contributed by atoms with Crippen LogP contribution in [0.1, 0.15) is 26.7 Å². The highest BCUT2D eigenvalue weighted by Crippen LogP contribution is 2.21. The lowest BCUT2D eigenvalue weighted by Crippen LogP contribution is -2.36. The van der Waals surface area contributed by atoms with Crippen molar-refractivity contribution in [1.82, 2.24) is 4.90 Å². The first-order valence-electron chi connectivity index (χ1n) is 5.86. The van der Waals surface area contributed by atoms with Gasteiger partial charge in [0.2, 0.25) is 0 Å². The summed E-state index contributed by atoms with van der Waals surface area (Å²) < 4.78 is 22.7. The fourth-order valence-electron chi connectivity index (χ4n) is 1.89. The van der Waals surface area contributed by atoms with E-state index in [0.29, 0.717) is 18.1 Å². The zero-order chi connectivity index (χ0) is 12.4. The Morgan fingerprint density at radius 1 is 1.44 bits per heavy atom. The second kappa shape index (κ2) is 5.02. The van der Waals surface area contributed by atoms with Gasteiger partial charge in [-0.3, -0.25) is 0 Å². The van der Waals surface area contributed by atoms with Crippen molar-refractivity contribution in [3.63, 3.8) is 0 Å². The summed E-state index contributed by atoms with van der Waals surface area (Å²) >= 11 is 0. The Bertz CT molecular complexity index is 325. The summed E-state index contributed by atoms with van der Waals surface area (Å²) in [5, 5.41) is 0. The highest BCUT2D eigenvalue weighted by molar-refractivity contribution is 7.91. The van der Waals surface area contributed by atoms with Gasteiger partial charge in [0.25, 0.3) is 0 Å². The fourth-order valence-corrected chi connectivity index (χ4v) is 3.69. The molecular formula is C11H24N2O2S. The Morgan fingerprint density at radius 2 is 2.06 bits per heavy atom. The number of nitrogens with two attached hydrogens (primary N) is 1. The lowest BCUT2D eigenvalue weighted by Gasteiger charge is -2.28. The Labute approximate surface area is 99.1 Å². The Balaban J connectivity index is 2.40. The molecule has 1 fully saturated rings. The summed E-state index contributed by atoms with van der Waals surface area (Å²) in [5.74, 6) is 0.675. The van der Waals surface area contributed by atoms with E-state index in [-0.39, 0.29) is 11.5 Å². The van der Waals surface area contributed by atoms with E-state index in [9.17, 15) is 8.42 Å². The number of rotatable bonds is 5. The van der Waals surface area contributed by atoms with Crippen LogP contribution in [0.3, 0.4) is 0 Å². The van der Waals surface area contributed by atoms with Crippen molar-refractivity contribution >= 4 is 9.84 Å². The summed E-state index contributed by atoms with van der Waals surface area (Å²) in [7, 11) is -0.754. The van der Waals surface area contributed by atoms with Crippen LogP contribution in [0, 0.1) is 5.41 Å². The van der Waals surface area contributed by atoms with Gasteiger partial charge in [-0.25, -0.2) is 8.42 Å². The lowest BCUT2D eigenvalue weighted by atomic mass is 9.89. The van der Waals surface area contributed by atoms with Crippen LogP contribution in [0.2, 0.25) is 0 Å². The van der Waals surface area contributed by atoms with Gasteiger partial charge in [-0.2, -0.15) is 0 Å². The largest absolute Gasteiger partial charge is 0.330 e. The molecule has 0 radical (unpaired) electrons. The minimum Gasteiger partial charge on any atom is -0.330 e. The third-order valence-corrected chi connectivity index (χ3v) is 5.28. The van der Waals surface area contributed by atoms with Gasteiger partial charge in [0.1, 0.15) is 0 Å². The minimum absolute atomic E-state index is 0.145. The van der Waals surface area contributed by atoms with E-state index in [0.717, 1.165) is 19.4 Å². The molecule has 2 N–H and O–H groups in total. The molecule has 0 aromatic carbocycles. The van der Waals surface area contributed by atoms with Crippen LogP contribution in [0.25, 0.3) is 0 Å². The van der Waals surface area contributed by atoms with E-state index in [4.69, 9.17) is 5.73 Å². The average molecular weight is 248 g/mol. The van der Waals surface area contributed by atoms with Crippen LogP contribution < -0.4 is 5.73 Å². The maximum Gasteiger partial charge on any atom is 0.151 e. The van der Waals surface area contributed by atoms with Crippen molar-refractivity contribution in [2.75, 3.05) is 31.6 Å². The summed E-state index contributed by atoms with van der Waals surface area (Å²) in [6, 6.07) is 0.207. The first kappa shape index (κ1) is 13.9. The number of nitrogens with zero attached hydrogens (tertiary/aromatic N) is 1. The van der Waals surface area contributed by atoms with Crippen LogP contribution in [-0.4, -0.2) is 51.0 Å². The van der Waals surface area contributed by atoms with E-state index in [1.165, 1.54) is 0 Å². The maximum atomic E-state index is 11.4. The minimum atomic E-state index is -2.77. The SMILES string of the molecule is CN(CCC(C)(C)CN)C1CCS(=O)(=O)C1. The molecule has 1 rings (SSSR count). The average Bonchev–Trinajstić information content (AvgIpc) is 2.55. The number of sulfone groups is 1. The van der Waals surface area contributed by atoms with Gasteiger partial charge in [0, 0.05) is 6.04 Å². The van der Waals surface area contributed by atoms with Crippen molar-refractivity contribution in [3.05, 3.63) is 0 Å². The summed E-state index contributed by atoms with van der Waals surface area (Å²) in [4.78, 5) is 2.17. The third-order valence-electron chi connectivity index (χ3n) is 3.53. The van der Waals surface area contributed by atoms with Crippen molar-refractivity contribution < 1.29 is 8.42 Å². The van der Waals surface area contributed by atoms with E-state index in [2.05, 4.69) is 18.7 Å². The summed E-state index contributed by atoms with van der Waals surface area (Å²) in [6.45, 7) is 5.88. The fraction of sp³-hybridized carbons (Fsp3) is 1.00. The Kier molecular flexibility index (Phi) is 4.37. The zero-order valence-electron chi connectivity index (χ0n) is 10.6. The predicted octanol–water partition coefficient (Wildman–Crippen LogP) is 0.480. The van der Waals surface area contributed by atoms with Crippen molar-refractivity contribution in [2.24, 2.45) is 11.1 Å². The zero-order valence-corrected chi connectivity index (χ0v) is 11.4. The van der Waals surface area contributed by atoms with Gasteiger partial charge in [-0.15, -0.1) is 0 Å². The van der Waals surface area contributed by atoms with Gasteiger partial charge in [-0.1, -0.05) is 13.8 Å². The van der Waals surface area contributed by atoms with Gasteiger partial charge < -0.3 is 10.6 Å². The van der Waals surface area contributed by atoms with Crippen LogP contribution in [-0.2, 0) is 9.84 Å². The summed E-state index contributed by atoms with van der Waals surface area (Å²) in [6.07, 6.45) is 1.79. The molecule has 1 atom stereocenters. The van der Waals surface area contributed by atoms with E-state index in [1.54, 1.807) is 0 Å². The van der Waals surface area contributed by atoms with Gasteiger partial charge in [0.05, 0.1) is 11.5 Å². The molecule has 1 aliphatic rings.